The van der Waals surface area contributed by atoms with Gasteiger partial charge in [0.15, 0.2) is 0 Å². The standard InChI is InChI=1S/C15H22N2OS.ClH/c1-16-11-10-15(18)17-13-8-4-5-9-14(13)19-12-6-2-3-7-12;/h4-5,8-9,12,16H,2-3,6-7,10-11H2,1H3,(H,17,18);1H. The predicted octanol–water partition coefficient (Wildman–Crippen LogP) is 3.69. The molecule has 0 aliphatic heterocycles. The number of benzene rings is 1. The summed E-state index contributed by atoms with van der Waals surface area (Å²) in [4.78, 5) is 13.0. The molecule has 1 amide bonds. The third kappa shape index (κ3) is 5.35. The number of anilines is 1. The maximum absolute atomic E-state index is 11.8. The van der Waals surface area contributed by atoms with Crippen molar-refractivity contribution in [2.75, 3.05) is 18.9 Å². The van der Waals surface area contributed by atoms with Gasteiger partial charge in [-0.3, -0.25) is 4.79 Å². The first-order valence-electron chi connectivity index (χ1n) is 6.99. The van der Waals surface area contributed by atoms with Gasteiger partial charge in [0.2, 0.25) is 5.91 Å². The van der Waals surface area contributed by atoms with Crippen LogP contribution in [-0.2, 0) is 4.79 Å². The van der Waals surface area contributed by atoms with Crippen molar-refractivity contribution < 1.29 is 4.79 Å². The van der Waals surface area contributed by atoms with Crippen LogP contribution >= 0.6 is 24.2 Å². The maximum atomic E-state index is 11.8. The molecule has 2 rings (SSSR count). The molecule has 2 N–H and O–H groups in total. The molecule has 1 aromatic rings. The van der Waals surface area contributed by atoms with E-state index in [1.54, 1.807) is 0 Å². The minimum atomic E-state index is 0. The fraction of sp³-hybridized carbons (Fsp3) is 0.533. The Morgan fingerprint density at radius 1 is 1.30 bits per heavy atom. The average molecular weight is 315 g/mol. The van der Waals surface area contributed by atoms with E-state index >= 15 is 0 Å². The molecule has 1 saturated carbocycles. The molecule has 1 fully saturated rings. The number of hydrogen-bond donors (Lipinski definition) is 2. The van der Waals surface area contributed by atoms with Gasteiger partial charge in [-0.05, 0) is 32.0 Å². The van der Waals surface area contributed by atoms with Crippen molar-refractivity contribution >= 4 is 35.8 Å². The zero-order valence-corrected chi connectivity index (χ0v) is 13.5. The summed E-state index contributed by atoms with van der Waals surface area (Å²) in [7, 11) is 1.86. The van der Waals surface area contributed by atoms with Crippen LogP contribution < -0.4 is 10.6 Å². The molecule has 3 nitrogen and oxygen atoms in total. The van der Waals surface area contributed by atoms with Gasteiger partial charge in [0.25, 0.3) is 0 Å². The number of nitrogens with one attached hydrogen (secondary N) is 2. The molecule has 0 spiro atoms. The summed E-state index contributed by atoms with van der Waals surface area (Å²) < 4.78 is 0. The van der Waals surface area contributed by atoms with E-state index in [1.165, 1.54) is 30.6 Å². The lowest BCUT2D eigenvalue weighted by atomic mass is 10.3. The minimum Gasteiger partial charge on any atom is -0.325 e. The monoisotopic (exact) mass is 314 g/mol. The first-order chi connectivity index (χ1) is 9.29. The van der Waals surface area contributed by atoms with Crippen molar-refractivity contribution in [2.24, 2.45) is 0 Å². The van der Waals surface area contributed by atoms with Gasteiger partial charge >= 0.3 is 0 Å². The molecule has 0 saturated heterocycles. The van der Waals surface area contributed by atoms with Gasteiger partial charge in [-0.1, -0.05) is 25.0 Å². The third-order valence-electron chi connectivity index (χ3n) is 3.36. The summed E-state index contributed by atoms with van der Waals surface area (Å²) in [6.07, 6.45) is 5.79. The number of halogens is 1. The number of para-hydroxylation sites is 1. The Bertz CT molecular complexity index is 422. The van der Waals surface area contributed by atoms with Crippen molar-refractivity contribution in [1.82, 2.24) is 5.32 Å². The summed E-state index contributed by atoms with van der Waals surface area (Å²) in [5.74, 6) is 0.0776. The number of amides is 1. The lowest BCUT2D eigenvalue weighted by Gasteiger charge is -2.14. The summed E-state index contributed by atoms with van der Waals surface area (Å²) in [6.45, 7) is 0.712. The molecule has 1 aliphatic rings. The predicted molar refractivity (Wildman–Crippen MR) is 89.0 cm³/mol. The highest BCUT2D eigenvalue weighted by Crippen LogP contribution is 2.37. The Morgan fingerprint density at radius 2 is 2.00 bits per heavy atom. The van der Waals surface area contributed by atoms with E-state index in [9.17, 15) is 4.79 Å². The average Bonchev–Trinajstić information content (AvgIpc) is 2.91. The zero-order chi connectivity index (χ0) is 13.5. The van der Waals surface area contributed by atoms with Crippen LogP contribution in [0.2, 0.25) is 0 Å². The van der Waals surface area contributed by atoms with Crippen molar-refractivity contribution in [2.45, 2.75) is 42.2 Å². The van der Waals surface area contributed by atoms with Crippen LogP contribution in [0.25, 0.3) is 0 Å². The fourth-order valence-corrected chi connectivity index (χ4v) is 3.64. The van der Waals surface area contributed by atoms with Crippen molar-refractivity contribution in [1.29, 1.82) is 0 Å². The normalized spacial score (nSPS) is 14.8. The number of carbonyl (C=O) groups excluding carboxylic acids is 1. The Labute approximate surface area is 131 Å². The van der Waals surface area contributed by atoms with Gasteiger partial charge in [-0.15, -0.1) is 24.2 Å². The van der Waals surface area contributed by atoms with Crippen LogP contribution in [0.3, 0.4) is 0 Å². The van der Waals surface area contributed by atoms with E-state index in [0.717, 1.165) is 10.9 Å². The minimum absolute atomic E-state index is 0. The Morgan fingerprint density at radius 3 is 2.70 bits per heavy atom. The van der Waals surface area contributed by atoms with E-state index in [0.29, 0.717) is 13.0 Å². The van der Waals surface area contributed by atoms with Crippen LogP contribution in [0.1, 0.15) is 32.1 Å². The Kier molecular flexibility index (Phi) is 8.04. The second-order valence-corrected chi connectivity index (χ2v) is 6.26. The molecule has 1 aliphatic carbocycles. The van der Waals surface area contributed by atoms with Gasteiger partial charge in [-0.2, -0.15) is 0 Å². The highest BCUT2D eigenvalue weighted by atomic mass is 35.5. The zero-order valence-electron chi connectivity index (χ0n) is 11.9. The molecule has 0 aromatic heterocycles. The molecule has 5 heteroatoms. The summed E-state index contributed by atoms with van der Waals surface area (Å²) in [6, 6.07) is 8.12. The maximum Gasteiger partial charge on any atom is 0.225 e. The summed E-state index contributed by atoms with van der Waals surface area (Å²) in [5, 5.41) is 6.73. The Balaban J connectivity index is 0.00000200. The van der Waals surface area contributed by atoms with Crippen LogP contribution in [0.5, 0.6) is 0 Å². The molecule has 0 bridgehead atoms. The highest BCUT2D eigenvalue weighted by molar-refractivity contribution is 8.00. The lowest BCUT2D eigenvalue weighted by Crippen LogP contribution is -2.19. The Hall–Kier alpha value is -0.710. The molecular weight excluding hydrogens is 292 g/mol. The quantitative estimate of drug-likeness (QED) is 0.841. The van der Waals surface area contributed by atoms with E-state index in [-0.39, 0.29) is 18.3 Å². The second-order valence-electron chi connectivity index (χ2n) is 4.92. The third-order valence-corrected chi connectivity index (χ3v) is 4.77. The summed E-state index contributed by atoms with van der Waals surface area (Å²) >= 11 is 1.91. The fourth-order valence-electron chi connectivity index (χ4n) is 2.31. The molecule has 112 valence electrons. The lowest BCUT2D eigenvalue weighted by molar-refractivity contribution is -0.116. The molecule has 1 aromatic carbocycles. The van der Waals surface area contributed by atoms with Gasteiger partial charge in [-0.25, -0.2) is 0 Å². The van der Waals surface area contributed by atoms with E-state index in [1.807, 2.05) is 37.0 Å². The van der Waals surface area contributed by atoms with E-state index in [4.69, 9.17) is 0 Å². The topological polar surface area (TPSA) is 41.1 Å². The van der Waals surface area contributed by atoms with Gasteiger partial charge in [0.05, 0.1) is 5.69 Å². The summed E-state index contributed by atoms with van der Waals surface area (Å²) in [5.41, 5.74) is 0.959. The molecule has 20 heavy (non-hydrogen) atoms. The SMILES string of the molecule is CNCCC(=O)Nc1ccccc1SC1CCCC1.Cl. The van der Waals surface area contributed by atoms with Crippen LogP contribution in [-0.4, -0.2) is 24.7 Å². The number of hydrogen-bond acceptors (Lipinski definition) is 3. The van der Waals surface area contributed by atoms with Crippen molar-refractivity contribution in [3.63, 3.8) is 0 Å². The largest absolute Gasteiger partial charge is 0.325 e. The first kappa shape index (κ1) is 17.3. The highest BCUT2D eigenvalue weighted by Gasteiger charge is 2.17. The van der Waals surface area contributed by atoms with Crippen LogP contribution in [0.15, 0.2) is 29.2 Å². The van der Waals surface area contributed by atoms with E-state index < -0.39 is 0 Å². The van der Waals surface area contributed by atoms with Crippen LogP contribution in [0, 0.1) is 0 Å². The van der Waals surface area contributed by atoms with Gasteiger partial charge < -0.3 is 10.6 Å². The van der Waals surface area contributed by atoms with Crippen LogP contribution in [0.4, 0.5) is 5.69 Å². The van der Waals surface area contributed by atoms with Gasteiger partial charge in [0.1, 0.15) is 0 Å². The molecule has 0 atom stereocenters. The molecule has 0 unspecified atom stereocenters. The molecular formula is C15H23ClN2OS. The molecule has 0 radical (unpaired) electrons. The van der Waals surface area contributed by atoms with E-state index in [2.05, 4.69) is 16.7 Å². The number of rotatable bonds is 6. The first-order valence-corrected chi connectivity index (χ1v) is 7.87. The second kappa shape index (κ2) is 9.27. The van der Waals surface area contributed by atoms with Gasteiger partial charge in [0, 0.05) is 23.1 Å². The smallest absolute Gasteiger partial charge is 0.225 e. The number of carbonyl (C=O) groups is 1. The van der Waals surface area contributed by atoms with Crippen molar-refractivity contribution in [3.8, 4) is 0 Å². The van der Waals surface area contributed by atoms with Crippen molar-refractivity contribution in [3.05, 3.63) is 24.3 Å². The molecule has 0 heterocycles. The number of thioether (sulfide) groups is 1.